The molecule has 1 aromatic rings. The molecular weight excluding hydrogens is 264 g/mol. The van der Waals surface area contributed by atoms with Gasteiger partial charge in [-0.25, -0.2) is 0 Å². The van der Waals surface area contributed by atoms with Gasteiger partial charge in [0.15, 0.2) is 12.6 Å². The van der Waals surface area contributed by atoms with Crippen LogP contribution < -0.4 is 0 Å². The van der Waals surface area contributed by atoms with Crippen molar-refractivity contribution in [1.29, 1.82) is 0 Å². The van der Waals surface area contributed by atoms with Gasteiger partial charge in [0.1, 0.15) is 0 Å². The van der Waals surface area contributed by atoms with Crippen LogP contribution in [0.25, 0.3) is 0 Å². The van der Waals surface area contributed by atoms with E-state index in [1.807, 2.05) is 0 Å². The van der Waals surface area contributed by atoms with Crippen LogP contribution in [-0.2, 0) is 19.6 Å². The second kappa shape index (κ2) is 5.74. The average molecular weight is 278 g/mol. The second-order valence-electron chi connectivity index (χ2n) is 3.49. The van der Waals surface area contributed by atoms with Gasteiger partial charge in [-0.3, -0.25) is 4.55 Å². The van der Waals surface area contributed by atoms with Crippen LogP contribution in [-0.4, -0.2) is 37.4 Å². The van der Waals surface area contributed by atoms with Crippen LogP contribution >= 0.6 is 0 Å². The molecule has 3 N–H and O–H groups in total. The molecule has 2 unspecified atom stereocenters. The summed E-state index contributed by atoms with van der Waals surface area (Å²) in [7, 11) is -2.03. The lowest BCUT2D eigenvalue weighted by Gasteiger charge is -2.15. The fourth-order valence-electron chi connectivity index (χ4n) is 1.35. The average Bonchev–Trinajstić information content (AvgIpc) is 2.35. The van der Waals surface area contributed by atoms with Crippen LogP contribution in [0.3, 0.4) is 0 Å². The number of aliphatic hydroxyl groups is 2. The summed E-state index contributed by atoms with van der Waals surface area (Å²) in [4.78, 5) is -0.470. The summed E-state index contributed by atoms with van der Waals surface area (Å²) < 4.78 is 40.4. The molecule has 0 heterocycles. The number of methoxy groups -OCH3 is 2. The largest absolute Gasteiger partial charge is 0.364 e. The summed E-state index contributed by atoms with van der Waals surface area (Å²) >= 11 is 0. The first-order chi connectivity index (χ1) is 8.29. The lowest BCUT2D eigenvalue weighted by atomic mass is 10.1. The zero-order chi connectivity index (χ0) is 13.9. The molecule has 0 saturated heterocycles. The molecule has 0 saturated carbocycles. The van der Waals surface area contributed by atoms with E-state index in [0.717, 1.165) is 12.1 Å². The standard InChI is InChI=1S/C10H14O7S/c1-16-9(11)6-3-7(10(12)17-2)5-8(4-6)18(13,14)15/h3-5,9-12H,1-2H3,(H,13,14,15). The van der Waals surface area contributed by atoms with Crippen molar-refractivity contribution >= 4 is 10.1 Å². The van der Waals surface area contributed by atoms with Gasteiger partial charge < -0.3 is 19.7 Å². The lowest BCUT2D eigenvalue weighted by molar-refractivity contribution is -0.0819. The van der Waals surface area contributed by atoms with E-state index in [2.05, 4.69) is 9.47 Å². The fraction of sp³-hybridized carbons (Fsp3) is 0.400. The van der Waals surface area contributed by atoms with Gasteiger partial charge in [0, 0.05) is 25.3 Å². The van der Waals surface area contributed by atoms with E-state index >= 15 is 0 Å². The first-order valence-electron chi connectivity index (χ1n) is 4.83. The van der Waals surface area contributed by atoms with Gasteiger partial charge in [-0.05, 0) is 18.2 Å². The third-order valence-electron chi connectivity index (χ3n) is 2.27. The minimum Gasteiger partial charge on any atom is -0.364 e. The molecule has 8 heteroatoms. The van der Waals surface area contributed by atoms with Crippen molar-refractivity contribution in [2.75, 3.05) is 14.2 Å². The van der Waals surface area contributed by atoms with Gasteiger partial charge in [0.05, 0.1) is 4.90 Å². The maximum atomic E-state index is 11.1. The van der Waals surface area contributed by atoms with E-state index in [1.165, 1.54) is 20.3 Å². The summed E-state index contributed by atoms with van der Waals surface area (Å²) in [5, 5.41) is 19.0. The Morgan fingerprint density at radius 1 is 1.00 bits per heavy atom. The van der Waals surface area contributed by atoms with E-state index in [4.69, 9.17) is 4.55 Å². The van der Waals surface area contributed by atoms with Crippen LogP contribution in [0.15, 0.2) is 23.1 Å². The van der Waals surface area contributed by atoms with Gasteiger partial charge in [0.2, 0.25) is 0 Å². The summed E-state index contributed by atoms with van der Waals surface area (Å²) in [6.07, 6.45) is -2.76. The van der Waals surface area contributed by atoms with Crippen LogP contribution in [0, 0.1) is 0 Å². The molecule has 0 bridgehead atoms. The molecule has 0 aliphatic heterocycles. The van der Waals surface area contributed by atoms with Crippen LogP contribution in [0.5, 0.6) is 0 Å². The molecule has 0 amide bonds. The highest BCUT2D eigenvalue weighted by Gasteiger charge is 2.18. The summed E-state index contributed by atoms with van der Waals surface area (Å²) in [5.41, 5.74) is 0.137. The Balaban J connectivity index is 3.38. The van der Waals surface area contributed by atoms with Crippen molar-refractivity contribution in [2.45, 2.75) is 17.5 Å². The van der Waals surface area contributed by atoms with E-state index < -0.39 is 27.6 Å². The van der Waals surface area contributed by atoms with Gasteiger partial charge in [-0.1, -0.05) is 0 Å². The quantitative estimate of drug-likeness (QED) is 0.521. The molecule has 0 aliphatic carbocycles. The third kappa shape index (κ3) is 3.48. The van der Waals surface area contributed by atoms with E-state index in [1.54, 1.807) is 0 Å². The van der Waals surface area contributed by atoms with Crippen LogP contribution in [0.4, 0.5) is 0 Å². The molecular formula is C10H14O7S. The van der Waals surface area contributed by atoms with Crippen LogP contribution in [0.1, 0.15) is 23.7 Å². The molecule has 18 heavy (non-hydrogen) atoms. The SMILES string of the molecule is COC(O)c1cc(C(O)OC)cc(S(=O)(=O)O)c1. The predicted molar refractivity (Wildman–Crippen MR) is 60.2 cm³/mol. The first kappa shape index (κ1) is 15.0. The number of ether oxygens (including phenoxy) is 2. The van der Waals surface area contributed by atoms with Crippen molar-refractivity contribution in [3.8, 4) is 0 Å². The van der Waals surface area contributed by atoms with Crippen molar-refractivity contribution in [1.82, 2.24) is 0 Å². The molecule has 2 atom stereocenters. The van der Waals surface area contributed by atoms with E-state index in [9.17, 15) is 18.6 Å². The lowest BCUT2D eigenvalue weighted by Crippen LogP contribution is -2.08. The number of rotatable bonds is 5. The maximum Gasteiger partial charge on any atom is 0.294 e. The highest BCUT2D eigenvalue weighted by Crippen LogP contribution is 2.24. The first-order valence-corrected chi connectivity index (χ1v) is 6.27. The zero-order valence-corrected chi connectivity index (χ0v) is 10.6. The van der Waals surface area contributed by atoms with Gasteiger partial charge in [-0.2, -0.15) is 8.42 Å². The number of benzene rings is 1. The van der Waals surface area contributed by atoms with Crippen molar-refractivity contribution < 1.29 is 32.7 Å². The minimum atomic E-state index is -4.46. The Morgan fingerprint density at radius 2 is 1.39 bits per heavy atom. The van der Waals surface area contributed by atoms with Crippen molar-refractivity contribution in [2.24, 2.45) is 0 Å². The van der Waals surface area contributed by atoms with Crippen molar-refractivity contribution in [3.63, 3.8) is 0 Å². The number of aliphatic hydroxyl groups excluding tert-OH is 2. The molecule has 0 aromatic heterocycles. The highest BCUT2D eigenvalue weighted by molar-refractivity contribution is 7.85. The Bertz CT molecular complexity index is 483. The van der Waals surface area contributed by atoms with E-state index in [0.29, 0.717) is 0 Å². The molecule has 7 nitrogen and oxygen atoms in total. The van der Waals surface area contributed by atoms with Gasteiger partial charge in [-0.15, -0.1) is 0 Å². The van der Waals surface area contributed by atoms with E-state index in [-0.39, 0.29) is 11.1 Å². The fourth-order valence-corrected chi connectivity index (χ4v) is 1.92. The summed E-state index contributed by atoms with van der Waals surface area (Å²) in [5.74, 6) is 0. The third-order valence-corrected chi connectivity index (χ3v) is 3.10. The number of hydrogen-bond donors (Lipinski definition) is 3. The molecule has 0 radical (unpaired) electrons. The van der Waals surface area contributed by atoms with Gasteiger partial charge >= 0.3 is 0 Å². The maximum absolute atomic E-state index is 11.1. The second-order valence-corrected chi connectivity index (χ2v) is 4.91. The normalized spacial score (nSPS) is 15.4. The topological polar surface area (TPSA) is 113 Å². The molecule has 0 fully saturated rings. The predicted octanol–water partition coefficient (Wildman–Crippen LogP) is 0.208. The monoisotopic (exact) mass is 278 g/mol. The molecule has 102 valence electrons. The zero-order valence-electron chi connectivity index (χ0n) is 9.77. The Labute approximate surface area is 104 Å². The van der Waals surface area contributed by atoms with Crippen LogP contribution in [0.2, 0.25) is 0 Å². The van der Waals surface area contributed by atoms with Crippen molar-refractivity contribution in [3.05, 3.63) is 29.3 Å². The smallest absolute Gasteiger partial charge is 0.294 e. The highest BCUT2D eigenvalue weighted by atomic mass is 32.2. The Hall–Kier alpha value is -1.03. The minimum absolute atomic E-state index is 0.0683. The Kier molecular flexibility index (Phi) is 4.79. The molecule has 1 rings (SSSR count). The number of hydrogen-bond acceptors (Lipinski definition) is 6. The molecule has 0 aliphatic rings. The summed E-state index contributed by atoms with van der Waals surface area (Å²) in [6, 6.07) is 3.38. The molecule has 0 spiro atoms. The summed E-state index contributed by atoms with van der Waals surface area (Å²) in [6.45, 7) is 0. The molecule has 1 aromatic carbocycles. The van der Waals surface area contributed by atoms with Gasteiger partial charge in [0.25, 0.3) is 10.1 Å². The Morgan fingerprint density at radius 3 is 1.67 bits per heavy atom.